The van der Waals surface area contributed by atoms with E-state index in [1.54, 1.807) is 62.3 Å². The minimum Gasteiger partial charge on any atom is -0.458 e. The van der Waals surface area contributed by atoms with Gasteiger partial charge in [-0.3, -0.25) is 52.7 Å². The molecule has 0 unspecified atom stereocenters. The first-order chi connectivity index (χ1) is 42.5. The summed E-state index contributed by atoms with van der Waals surface area (Å²) in [7, 11) is 5.55. The summed E-state index contributed by atoms with van der Waals surface area (Å²) in [5.74, 6) is -12.8. The van der Waals surface area contributed by atoms with Gasteiger partial charge in [-0.25, -0.2) is 14.6 Å². The van der Waals surface area contributed by atoms with Gasteiger partial charge >= 0.3 is 11.9 Å². The highest BCUT2D eigenvalue weighted by Crippen LogP contribution is 2.37. The van der Waals surface area contributed by atoms with Crippen molar-refractivity contribution in [3.63, 3.8) is 0 Å². The summed E-state index contributed by atoms with van der Waals surface area (Å²) in [6, 6.07) is -9.58. The second-order valence-electron chi connectivity index (χ2n) is 25.7. The van der Waals surface area contributed by atoms with Crippen LogP contribution in [0.3, 0.4) is 0 Å². The SMILES string of the molecule is Cc1c2oc3c(C)cc(Cl)c(C(=O)N[C@@H]4C(=O)N[C@H](C(C)C)C(=O)N5CCC[C@H]5C(=O)N(C)CC(=O)N(C)[C@@H](C(C)C)C(=O)O[C@@H]4C)c3nc-2c(C(=O)N[C@@H]2C(=O)N[C@H](C(C)C)C(=O)N3CCC[C@H]3C(=O)N(C)CC(=O)N(C)[C@@H](C(C)C)C(=O)O[C@@H]2C)c(N)c1=O. The van der Waals surface area contributed by atoms with Crippen LogP contribution in [0.2, 0.25) is 5.02 Å². The number of hydrogen-bond donors (Lipinski definition) is 5. The normalized spacial score (nSPS) is 26.1. The molecule has 496 valence electrons. The predicted molar refractivity (Wildman–Crippen MR) is 330 cm³/mol. The van der Waals surface area contributed by atoms with E-state index < -0.39 is 196 Å². The van der Waals surface area contributed by atoms with Crippen molar-refractivity contribution < 1.29 is 71.4 Å². The number of halogens is 1. The van der Waals surface area contributed by atoms with E-state index in [-0.39, 0.29) is 58.9 Å². The summed E-state index contributed by atoms with van der Waals surface area (Å²) in [5, 5.41) is 10.3. The Labute approximate surface area is 532 Å². The zero-order chi connectivity index (χ0) is 67.8. The van der Waals surface area contributed by atoms with E-state index in [4.69, 9.17) is 36.2 Å². The maximum Gasteiger partial charge on any atom is 0.329 e. The van der Waals surface area contributed by atoms with Crippen molar-refractivity contribution in [3.05, 3.63) is 43.6 Å². The smallest absolute Gasteiger partial charge is 0.329 e. The van der Waals surface area contributed by atoms with Crippen LogP contribution in [0.5, 0.6) is 0 Å². The van der Waals surface area contributed by atoms with Crippen LogP contribution in [-0.2, 0) is 57.4 Å². The highest BCUT2D eigenvalue weighted by atomic mass is 35.5. The molecule has 91 heavy (non-hydrogen) atoms. The summed E-state index contributed by atoms with van der Waals surface area (Å²) < 4.78 is 18.3. The molecular formula is C62H85ClN12O16. The molecular weight excluding hydrogens is 1200 g/mol. The van der Waals surface area contributed by atoms with Crippen molar-refractivity contribution in [1.29, 1.82) is 0 Å². The van der Waals surface area contributed by atoms with Crippen molar-refractivity contribution in [2.24, 2.45) is 23.7 Å². The van der Waals surface area contributed by atoms with Gasteiger partial charge in [-0.05, 0) is 88.7 Å². The molecule has 7 rings (SSSR count). The van der Waals surface area contributed by atoms with Crippen LogP contribution in [0.25, 0.3) is 22.6 Å². The highest BCUT2D eigenvalue weighted by Gasteiger charge is 2.47. The van der Waals surface area contributed by atoms with Crippen molar-refractivity contribution in [1.82, 2.24) is 55.7 Å². The fourth-order valence-corrected chi connectivity index (χ4v) is 12.7. The highest BCUT2D eigenvalue weighted by molar-refractivity contribution is 6.35. The summed E-state index contributed by atoms with van der Waals surface area (Å²) in [4.78, 5) is 200. The molecule has 0 saturated carbocycles. The number of nitrogens with zero attached hydrogens (tertiary/aromatic N) is 7. The number of benzene rings is 2. The second-order valence-corrected chi connectivity index (χ2v) is 26.1. The van der Waals surface area contributed by atoms with Crippen molar-refractivity contribution in [2.75, 3.05) is 60.1 Å². The monoisotopic (exact) mass is 1290 g/mol. The molecule has 4 saturated heterocycles. The average Bonchev–Trinajstić information content (AvgIpc) is 1.32. The summed E-state index contributed by atoms with van der Waals surface area (Å²) in [5.41, 5.74) is 2.89. The van der Waals surface area contributed by atoms with Crippen LogP contribution >= 0.6 is 11.6 Å². The molecule has 1 aromatic carbocycles. The number of cyclic esters (lactones) is 2. The molecule has 5 aliphatic heterocycles. The molecule has 1 aliphatic carbocycles. The molecule has 6 aliphatic rings. The van der Waals surface area contributed by atoms with Gasteiger partial charge in [0.15, 0.2) is 11.3 Å². The topological polar surface area (TPSA) is 360 Å². The minimum atomic E-state index is -1.91. The molecule has 10 amide bonds. The number of nitrogen functional groups attached to an aromatic ring is 1. The number of likely N-dealkylation sites (N-methyl/N-ethyl adjacent to an activating group) is 4. The van der Waals surface area contributed by atoms with E-state index in [1.165, 1.54) is 74.6 Å². The van der Waals surface area contributed by atoms with Crippen LogP contribution in [-0.4, -0.2) is 220 Å². The third-order valence-electron chi connectivity index (χ3n) is 17.6. The van der Waals surface area contributed by atoms with Gasteiger partial charge < -0.3 is 70.3 Å². The Morgan fingerprint density at radius 3 is 1.43 bits per heavy atom. The number of aryl methyl sites for hydroxylation is 1. The van der Waals surface area contributed by atoms with E-state index in [0.717, 1.165) is 9.80 Å². The Kier molecular flexibility index (Phi) is 21.5. The van der Waals surface area contributed by atoms with Gasteiger partial charge in [0.2, 0.25) is 52.7 Å². The van der Waals surface area contributed by atoms with Crippen molar-refractivity contribution in [3.8, 4) is 11.5 Å². The molecule has 0 aromatic heterocycles. The number of ether oxygens (including phenoxy) is 2. The zero-order valence-electron chi connectivity index (χ0n) is 54.4. The Bertz CT molecular complexity index is 3480. The first-order valence-electron chi connectivity index (χ1n) is 30.6. The predicted octanol–water partition coefficient (Wildman–Crippen LogP) is 1.38. The molecule has 1 aromatic rings. The van der Waals surface area contributed by atoms with Gasteiger partial charge in [-0.15, -0.1) is 0 Å². The summed E-state index contributed by atoms with van der Waals surface area (Å²) in [6.45, 7) is 18.1. The van der Waals surface area contributed by atoms with Gasteiger partial charge in [0.25, 0.3) is 11.8 Å². The van der Waals surface area contributed by atoms with Crippen molar-refractivity contribution >= 4 is 99.4 Å². The second kappa shape index (κ2) is 28.0. The number of carbonyl (C=O) groups is 12. The number of fused-ring (bicyclic) bond motifs is 4. The lowest BCUT2D eigenvalue weighted by molar-refractivity contribution is -0.163. The number of amides is 10. The molecule has 0 bridgehead atoms. The Hall–Kier alpha value is -8.43. The maximum absolute atomic E-state index is 15.2. The standard InChI is InChI=1S/C62H85ClN12O16/c1-26(2)42-59(85)74-21-17-19-35(74)57(83)70(13)24-37(76)72(15)48(28(5)6)61(87)89-32(11)44(55(81)66-42)68-53(79)39-34(63)23-30(9)51-46(39)65-47-40(41(64)50(78)31(10)52(47)91-51)54(80)69-45-33(12)90-62(88)49(29(7)8)73(16)38(77)25-71(14)58(84)36-20-18-22-75(36)60(86)43(27(3)4)67-56(45)82/h23,26-29,32-33,35-36,42-45,48-49H,17-22,24-25,64H2,1-16H3,(H,66,81)(H,67,82)(H,68,79)(H,69,80)/t32-,33-,35+,36+,42-,43-,44+,45+,48+,49+/m1/s1. The van der Waals surface area contributed by atoms with E-state index in [2.05, 4.69) is 21.3 Å². The lowest BCUT2D eigenvalue weighted by Gasteiger charge is -2.36. The number of nitrogens with one attached hydrogen (secondary N) is 4. The maximum atomic E-state index is 15.2. The third kappa shape index (κ3) is 14.1. The summed E-state index contributed by atoms with van der Waals surface area (Å²) in [6.07, 6.45) is -1.76. The van der Waals surface area contributed by atoms with Gasteiger partial charge in [0, 0.05) is 46.8 Å². The van der Waals surface area contributed by atoms with Gasteiger partial charge in [0.1, 0.15) is 71.8 Å². The van der Waals surface area contributed by atoms with Crippen LogP contribution in [0, 0.1) is 37.5 Å². The summed E-state index contributed by atoms with van der Waals surface area (Å²) >= 11 is 6.97. The molecule has 29 heteroatoms. The van der Waals surface area contributed by atoms with E-state index in [0.29, 0.717) is 12.8 Å². The number of anilines is 1. The third-order valence-corrected chi connectivity index (χ3v) is 17.9. The van der Waals surface area contributed by atoms with Gasteiger partial charge in [-0.1, -0.05) is 67.0 Å². The van der Waals surface area contributed by atoms with Crippen LogP contribution < -0.4 is 32.4 Å². The fraction of sp³-hybridized carbons (Fsp3) is 0.613. The first kappa shape index (κ1) is 70.0. The Balaban J connectivity index is 1.34. The lowest BCUT2D eigenvalue weighted by Crippen LogP contribution is -2.61. The Morgan fingerprint density at radius 1 is 0.626 bits per heavy atom. The van der Waals surface area contributed by atoms with E-state index in [9.17, 15) is 52.7 Å². The lowest BCUT2D eigenvalue weighted by atomic mass is 9.98. The van der Waals surface area contributed by atoms with Crippen LogP contribution in [0.1, 0.15) is 127 Å². The molecule has 5 heterocycles. The number of esters is 2. The molecule has 0 radical (unpaired) electrons. The minimum absolute atomic E-state index is 0.145. The number of rotatable bonds is 8. The zero-order valence-corrected chi connectivity index (χ0v) is 55.2. The number of hydrogen-bond acceptors (Lipinski definition) is 18. The number of nitrogens with two attached hydrogens (primary N) is 1. The number of carbonyl (C=O) groups excluding carboxylic acids is 12. The molecule has 0 spiro atoms. The van der Waals surface area contributed by atoms with Crippen LogP contribution in [0.15, 0.2) is 15.3 Å². The number of aromatic nitrogens is 1. The fourth-order valence-electron chi connectivity index (χ4n) is 12.4. The molecule has 4 fully saturated rings. The van der Waals surface area contributed by atoms with Gasteiger partial charge in [0.05, 0.1) is 34.9 Å². The quantitative estimate of drug-likeness (QED) is 0.121. The van der Waals surface area contributed by atoms with Crippen molar-refractivity contribution in [2.45, 2.75) is 169 Å². The first-order valence-corrected chi connectivity index (χ1v) is 31.0. The largest absolute Gasteiger partial charge is 0.458 e. The molecule has 28 nitrogen and oxygen atoms in total. The van der Waals surface area contributed by atoms with Crippen LogP contribution in [0.4, 0.5) is 5.69 Å². The molecule has 6 N–H and O–H groups in total. The average molecular weight is 1290 g/mol. The van der Waals surface area contributed by atoms with E-state index >= 15 is 9.59 Å². The molecule has 10 atom stereocenters. The van der Waals surface area contributed by atoms with Gasteiger partial charge in [-0.2, -0.15) is 0 Å². The Morgan fingerprint density at radius 2 is 1.03 bits per heavy atom. The van der Waals surface area contributed by atoms with E-state index in [1.807, 2.05) is 0 Å².